The van der Waals surface area contributed by atoms with Crippen LogP contribution in [0.5, 0.6) is 0 Å². The van der Waals surface area contributed by atoms with Crippen molar-refractivity contribution in [2.75, 3.05) is 32.9 Å². The monoisotopic (exact) mass is 302 g/mol. The van der Waals surface area contributed by atoms with Gasteiger partial charge in [-0.1, -0.05) is 6.07 Å². The Morgan fingerprint density at radius 1 is 1.32 bits per heavy atom. The Kier molecular flexibility index (Phi) is 4.16. The van der Waals surface area contributed by atoms with Gasteiger partial charge >= 0.3 is 0 Å². The standard InChI is InChI=1S/C18H26N2O2/c1-2-16(10-19-7-1)11-20-13-18(14-20)17(6-9-22-18)5-8-21-12-15-3-4-15/h1-2,7,10,15,17H,3-6,8-9,11-14H2/t17-/m0/s1. The van der Waals surface area contributed by atoms with Crippen molar-refractivity contribution < 1.29 is 9.47 Å². The Balaban J connectivity index is 1.23. The minimum atomic E-state index is 0.116. The molecule has 0 unspecified atom stereocenters. The van der Waals surface area contributed by atoms with E-state index >= 15 is 0 Å². The van der Waals surface area contributed by atoms with Gasteiger partial charge in [-0.15, -0.1) is 0 Å². The van der Waals surface area contributed by atoms with E-state index in [2.05, 4.69) is 16.0 Å². The molecule has 3 aliphatic rings. The summed E-state index contributed by atoms with van der Waals surface area (Å²) in [6, 6.07) is 4.16. The summed E-state index contributed by atoms with van der Waals surface area (Å²) in [5, 5.41) is 0. The van der Waals surface area contributed by atoms with Gasteiger partial charge in [0.25, 0.3) is 0 Å². The third-order valence-corrected chi connectivity index (χ3v) is 5.37. The van der Waals surface area contributed by atoms with Crippen LogP contribution < -0.4 is 0 Å². The van der Waals surface area contributed by atoms with Crippen LogP contribution in [0, 0.1) is 11.8 Å². The second-order valence-electron chi connectivity index (χ2n) is 7.21. The molecule has 22 heavy (non-hydrogen) atoms. The number of hydrogen-bond donors (Lipinski definition) is 0. The first-order valence-electron chi connectivity index (χ1n) is 8.67. The first kappa shape index (κ1) is 14.6. The highest BCUT2D eigenvalue weighted by Gasteiger charge is 2.52. The minimum Gasteiger partial charge on any atom is -0.381 e. The van der Waals surface area contributed by atoms with Crippen LogP contribution in [-0.4, -0.2) is 48.4 Å². The smallest absolute Gasteiger partial charge is 0.0964 e. The Hall–Kier alpha value is -0.970. The van der Waals surface area contributed by atoms with Crippen molar-refractivity contribution >= 4 is 0 Å². The van der Waals surface area contributed by atoms with Gasteiger partial charge in [-0.05, 0) is 49.1 Å². The van der Waals surface area contributed by atoms with Crippen LogP contribution in [-0.2, 0) is 16.0 Å². The average Bonchev–Trinajstić information content (AvgIpc) is 3.24. The molecule has 120 valence electrons. The molecule has 3 heterocycles. The van der Waals surface area contributed by atoms with E-state index in [9.17, 15) is 0 Å². The summed E-state index contributed by atoms with van der Waals surface area (Å²) < 4.78 is 12.0. The number of ether oxygens (including phenoxy) is 2. The topological polar surface area (TPSA) is 34.6 Å². The van der Waals surface area contributed by atoms with Gasteiger partial charge in [0, 0.05) is 51.8 Å². The molecule has 0 amide bonds. The number of pyridine rings is 1. The number of nitrogens with zero attached hydrogens (tertiary/aromatic N) is 2. The molecule has 1 aromatic heterocycles. The number of likely N-dealkylation sites (tertiary alicyclic amines) is 1. The zero-order valence-electron chi connectivity index (χ0n) is 13.2. The predicted octanol–water partition coefficient (Wildman–Crippen LogP) is 2.49. The first-order chi connectivity index (χ1) is 10.8. The van der Waals surface area contributed by atoms with Gasteiger partial charge in [-0.2, -0.15) is 0 Å². The van der Waals surface area contributed by atoms with Crippen molar-refractivity contribution in [3.8, 4) is 0 Å². The third-order valence-electron chi connectivity index (χ3n) is 5.37. The quantitative estimate of drug-likeness (QED) is 0.725. The van der Waals surface area contributed by atoms with Crippen LogP contribution in [0.4, 0.5) is 0 Å². The second kappa shape index (κ2) is 6.26. The fraction of sp³-hybridized carbons (Fsp3) is 0.722. The van der Waals surface area contributed by atoms with Gasteiger partial charge in [-0.3, -0.25) is 9.88 Å². The molecular weight excluding hydrogens is 276 g/mol. The van der Waals surface area contributed by atoms with Gasteiger partial charge in [0.05, 0.1) is 5.60 Å². The van der Waals surface area contributed by atoms with E-state index in [1.165, 1.54) is 24.8 Å². The predicted molar refractivity (Wildman–Crippen MR) is 84.5 cm³/mol. The summed E-state index contributed by atoms with van der Waals surface area (Å²) in [6.07, 6.45) is 8.91. The average molecular weight is 302 g/mol. The van der Waals surface area contributed by atoms with E-state index in [1.807, 2.05) is 18.5 Å². The lowest BCUT2D eigenvalue weighted by atomic mass is 9.79. The Morgan fingerprint density at radius 2 is 2.23 bits per heavy atom. The van der Waals surface area contributed by atoms with Crippen molar-refractivity contribution in [1.82, 2.24) is 9.88 Å². The van der Waals surface area contributed by atoms with Crippen LogP contribution in [0.1, 0.15) is 31.2 Å². The Morgan fingerprint density at radius 3 is 3.00 bits per heavy atom. The number of aromatic nitrogens is 1. The van der Waals surface area contributed by atoms with Gasteiger partial charge in [0.2, 0.25) is 0 Å². The molecule has 0 N–H and O–H groups in total. The van der Waals surface area contributed by atoms with Crippen LogP contribution in [0.25, 0.3) is 0 Å². The molecule has 4 heteroatoms. The highest BCUT2D eigenvalue weighted by molar-refractivity contribution is 5.12. The van der Waals surface area contributed by atoms with Crippen LogP contribution in [0.3, 0.4) is 0 Å². The van der Waals surface area contributed by atoms with Gasteiger partial charge < -0.3 is 9.47 Å². The number of rotatable bonds is 7. The van der Waals surface area contributed by atoms with E-state index in [0.717, 1.165) is 51.8 Å². The van der Waals surface area contributed by atoms with Crippen molar-refractivity contribution in [2.24, 2.45) is 11.8 Å². The van der Waals surface area contributed by atoms with E-state index in [1.54, 1.807) is 0 Å². The maximum atomic E-state index is 6.13. The molecule has 4 rings (SSSR count). The normalized spacial score (nSPS) is 27.2. The molecule has 3 fully saturated rings. The van der Waals surface area contributed by atoms with Crippen molar-refractivity contribution in [3.63, 3.8) is 0 Å². The van der Waals surface area contributed by atoms with Gasteiger partial charge in [-0.25, -0.2) is 0 Å². The summed E-state index contributed by atoms with van der Waals surface area (Å²) in [6.45, 7) is 5.94. The second-order valence-corrected chi connectivity index (χ2v) is 7.21. The zero-order valence-corrected chi connectivity index (χ0v) is 13.2. The van der Waals surface area contributed by atoms with Crippen LogP contribution in [0.15, 0.2) is 24.5 Å². The lowest BCUT2D eigenvalue weighted by molar-refractivity contribution is -0.139. The first-order valence-corrected chi connectivity index (χ1v) is 8.67. The molecule has 2 saturated heterocycles. The van der Waals surface area contributed by atoms with Gasteiger partial charge in [0.15, 0.2) is 0 Å². The fourth-order valence-electron chi connectivity index (χ4n) is 3.87. The molecule has 1 atom stereocenters. The maximum Gasteiger partial charge on any atom is 0.0964 e. The van der Waals surface area contributed by atoms with Crippen molar-refractivity contribution in [3.05, 3.63) is 30.1 Å². The minimum absolute atomic E-state index is 0.116. The van der Waals surface area contributed by atoms with Crippen LogP contribution >= 0.6 is 0 Å². The lowest BCUT2D eigenvalue weighted by Crippen LogP contribution is -2.64. The molecular formula is C18H26N2O2. The molecule has 1 aromatic rings. The van der Waals surface area contributed by atoms with Crippen molar-refractivity contribution in [1.29, 1.82) is 0 Å². The summed E-state index contributed by atoms with van der Waals surface area (Å²) in [7, 11) is 0. The molecule has 2 aliphatic heterocycles. The Bertz CT molecular complexity index is 483. The zero-order chi connectivity index (χ0) is 14.8. The summed E-state index contributed by atoms with van der Waals surface area (Å²) in [5.41, 5.74) is 1.41. The fourth-order valence-corrected chi connectivity index (χ4v) is 3.87. The third kappa shape index (κ3) is 3.19. The number of hydrogen-bond acceptors (Lipinski definition) is 4. The van der Waals surface area contributed by atoms with Crippen molar-refractivity contribution in [2.45, 2.75) is 37.8 Å². The molecule has 1 aliphatic carbocycles. The molecule has 0 radical (unpaired) electrons. The van der Waals surface area contributed by atoms with E-state index in [4.69, 9.17) is 9.47 Å². The SMILES string of the molecule is c1cncc(CN2CC3(C2)OCC[C@@H]3CCOCC2CC2)c1. The largest absolute Gasteiger partial charge is 0.381 e. The molecule has 0 bridgehead atoms. The summed E-state index contributed by atoms with van der Waals surface area (Å²) >= 11 is 0. The molecule has 1 saturated carbocycles. The molecule has 4 nitrogen and oxygen atoms in total. The van der Waals surface area contributed by atoms with Crippen LogP contribution in [0.2, 0.25) is 0 Å². The van der Waals surface area contributed by atoms with E-state index in [-0.39, 0.29) is 5.60 Å². The highest BCUT2D eigenvalue weighted by Crippen LogP contribution is 2.42. The van der Waals surface area contributed by atoms with E-state index in [0.29, 0.717) is 5.92 Å². The highest BCUT2D eigenvalue weighted by atomic mass is 16.5. The molecule has 1 spiro atoms. The lowest BCUT2D eigenvalue weighted by Gasteiger charge is -2.50. The Labute approximate surface area is 132 Å². The molecule has 0 aromatic carbocycles. The maximum absolute atomic E-state index is 6.13. The summed E-state index contributed by atoms with van der Waals surface area (Å²) in [5.74, 6) is 1.55. The van der Waals surface area contributed by atoms with Gasteiger partial charge in [0.1, 0.15) is 0 Å². The van der Waals surface area contributed by atoms with E-state index < -0.39 is 0 Å². The summed E-state index contributed by atoms with van der Waals surface area (Å²) in [4.78, 5) is 6.67.